The maximum atomic E-state index is 11.9. The fraction of sp³-hybridized carbons (Fsp3) is 0.929. The van der Waals surface area contributed by atoms with E-state index in [1.54, 1.807) is 0 Å². The molecule has 104 valence electrons. The second-order valence-electron chi connectivity index (χ2n) is 5.91. The SMILES string of the molecule is CC(C)CC(=O)N1CCN(CC2CCCO2)CC1. The standard InChI is InChI=1S/C14H26N2O2/c1-12(2)10-14(17)16-7-5-15(6-8-16)11-13-4-3-9-18-13/h12-13H,3-11H2,1-2H3. The predicted octanol–water partition coefficient (Wildman–Crippen LogP) is 1.36. The summed E-state index contributed by atoms with van der Waals surface area (Å²) in [5, 5.41) is 0. The van der Waals surface area contributed by atoms with Crippen LogP contribution < -0.4 is 0 Å². The summed E-state index contributed by atoms with van der Waals surface area (Å²) in [5.74, 6) is 0.782. The zero-order valence-corrected chi connectivity index (χ0v) is 11.7. The monoisotopic (exact) mass is 254 g/mol. The Kier molecular flexibility index (Phi) is 5.01. The molecule has 4 nitrogen and oxygen atoms in total. The van der Waals surface area contributed by atoms with Crippen molar-refractivity contribution in [1.82, 2.24) is 9.80 Å². The summed E-state index contributed by atoms with van der Waals surface area (Å²) in [7, 11) is 0. The van der Waals surface area contributed by atoms with Crippen LogP contribution in [0.1, 0.15) is 33.1 Å². The van der Waals surface area contributed by atoms with Crippen LogP contribution in [0.25, 0.3) is 0 Å². The summed E-state index contributed by atoms with van der Waals surface area (Å²) in [4.78, 5) is 16.4. The highest BCUT2D eigenvalue weighted by molar-refractivity contribution is 5.76. The first-order chi connectivity index (χ1) is 8.65. The van der Waals surface area contributed by atoms with Gasteiger partial charge >= 0.3 is 0 Å². The number of nitrogens with zero attached hydrogens (tertiary/aromatic N) is 2. The Morgan fingerprint density at radius 3 is 2.56 bits per heavy atom. The number of hydrogen-bond acceptors (Lipinski definition) is 3. The van der Waals surface area contributed by atoms with Crippen molar-refractivity contribution in [2.24, 2.45) is 5.92 Å². The Hall–Kier alpha value is -0.610. The molecular weight excluding hydrogens is 228 g/mol. The number of rotatable bonds is 4. The number of carbonyl (C=O) groups is 1. The van der Waals surface area contributed by atoms with Gasteiger partial charge in [-0.3, -0.25) is 9.69 Å². The average Bonchev–Trinajstić information content (AvgIpc) is 2.82. The van der Waals surface area contributed by atoms with E-state index >= 15 is 0 Å². The highest BCUT2D eigenvalue weighted by Gasteiger charge is 2.24. The van der Waals surface area contributed by atoms with Gasteiger partial charge in [0.25, 0.3) is 0 Å². The Morgan fingerprint density at radius 2 is 2.00 bits per heavy atom. The average molecular weight is 254 g/mol. The lowest BCUT2D eigenvalue weighted by Gasteiger charge is -2.36. The van der Waals surface area contributed by atoms with E-state index in [1.807, 2.05) is 4.90 Å². The molecule has 0 bridgehead atoms. The molecule has 0 radical (unpaired) electrons. The van der Waals surface area contributed by atoms with Crippen LogP contribution >= 0.6 is 0 Å². The highest BCUT2D eigenvalue weighted by Crippen LogP contribution is 2.15. The Labute approximate surface area is 110 Å². The first-order valence-corrected chi connectivity index (χ1v) is 7.27. The van der Waals surface area contributed by atoms with Gasteiger partial charge in [0.1, 0.15) is 0 Å². The largest absolute Gasteiger partial charge is 0.377 e. The zero-order chi connectivity index (χ0) is 13.0. The summed E-state index contributed by atoms with van der Waals surface area (Å²) in [5.41, 5.74) is 0. The van der Waals surface area contributed by atoms with Gasteiger partial charge in [0, 0.05) is 45.8 Å². The number of ether oxygens (including phenoxy) is 1. The molecule has 0 aromatic carbocycles. The van der Waals surface area contributed by atoms with Gasteiger partial charge in [0.05, 0.1) is 6.10 Å². The lowest BCUT2D eigenvalue weighted by Crippen LogP contribution is -2.50. The van der Waals surface area contributed by atoms with Gasteiger partial charge in [-0.05, 0) is 18.8 Å². The molecule has 0 spiro atoms. The summed E-state index contributed by atoms with van der Waals surface area (Å²) in [6.07, 6.45) is 3.53. The van der Waals surface area contributed by atoms with Crippen molar-refractivity contribution >= 4 is 5.91 Å². The van der Waals surface area contributed by atoms with Crippen LogP contribution in [-0.2, 0) is 9.53 Å². The molecule has 0 aliphatic carbocycles. The van der Waals surface area contributed by atoms with Gasteiger partial charge in [0.2, 0.25) is 5.91 Å². The van der Waals surface area contributed by atoms with E-state index in [2.05, 4.69) is 18.7 Å². The second-order valence-corrected chi connectivity index (χ2v) is 5.91. The molecule has 1 amide bonds. The molecule has 2 heterocycles. The minimum Gasteiger partial charge on any atom is -0.377 e. The van der Waals surface area contributed by atoms with Gasteiger partial charge in [0.15, 0.2) is 0 Å². The fourth-order valence-corrected chi connectivity index (χ4v) is 2.73. The van der Waals surface area contributed by atoms with E-state index in [-0.39, 0.29) is 0 Å². The van der Waals surface area contributed by atoms with Gasteiger partial charge in [-0.25, -0.2) is 0 Å². The third-order valence-electron chi connectivity index (χ3n) is 3.79. The van der Waals surface area contributed by atoms with Crippen LogP contribution in [0.3, 0.4) is 0 Å². The molecule has 0 aromatic heterocycles. The molecule has 18 heavy (non-hydrogen) atoms. The molecule has 2 fully saturated rings. The van der Waals surface area contributed by atoms with Crippen molar-refractivity contribution in [3.8, 4) is 0 Å². The first kappa shape index (κ1) is 13.8. The second kappa shape index (κ2) is 6.53. The van der Waals surface area contributed by atoms with Crippen LogP contribution in [0.5, 0.6) is 0 Å². The molecule has 4 heteroatoms. The summed E-state index contributed by atoms with van der Waals surface area (Å²) in [6.45, 7) is 9.96. The normalized spacial score (nSPS) is 25.9. The number of hydrogen-bond donors (Lipinski definition) is 0. The van der Waals surface area contributed by atoms with Crippen LogP contribution in [0.2, 0.25) is 0 Å². The zero-order valence-electron chi connectivity index (χ0n) is 11.7. The van der Waals surface area contributed by atoms with Crippen molar-refractivity contribution in [3.63, 3.8) is 0 Å². The predicted molar refractivity (Wildman–Crippen MR) is 71.4 cm³/mol. The van der Waals surface area contributed by atoms with E-state index in [0.717, 1.165) is 39.3 Å². The maximum Gasteiger partial charge on any atom is 0.222 e. The molecule has 1 atom stereocenters. The smallest absolute Gasteiger partial charge is 0.222 e. The van der Waals surface area contributed by atoms with E-state index in [1.165, 1.54) is 12.8 Å². The third-order valence-corrected chi connectivity index (χ3v) is 3.79. The van der Waals surface area contributed by atoms with Crippen molar-refractivity contribution in [2.45, 2.75) is 39.2 Å². The van der Waals surface area contributed by atoms with E-state index in [4.69, 9.17) is 4.74 Å². The minimum absolute atomic E-state index is 0.321. The van der Waals surface area contributed by atoms with Gasteiger partial charge in [-0.2, -0.15) is 0 Å². The van der Waals surface area contributed by atoms with Crippen LogP contribution in [0.4, 0.5) is 0 Å². The third kappa shape index (κ3) is 3.95. The maximum absolute atomic E-state index is 11.9. The summed E-state index contributed by atoms with van der Waals surface area (Å²) in [6, 6.07) is 0. The van der Waals surface area contributed by atoms with Crippen molar-refractivity contribution in [2.75, 3.05) is 39.3 Å². The number of amides is 1. The molecule has 2 aliphatic heterocycles. The van der Waals surface area contributed by atoms with Crippen molar-refractivity contribution in [1.29, 1.82) is 0 Å². The lowest BCUT2D eigenvalue weighted by molar-refractivity contribution is -0.133. The molecule has 1 unspecified atom stereocenters. The quantitative estimate of drug-likeness (QED) is 0.759. The van der Waals surface area contributed by atoms with E-state index in [0.29, 0.717) is 24.3 Å². The van der Waals surface area contributed by atoms with E-state index < -0.39 is 0 Å². The Bertz CT molecular complexity index is 267. The van der Waals surface area contributed by atoms with Crippen molar-refractivity contribution in [3.05, 3.63) is 0 Å². The van der Waals surface area contributed by atoms with E-state index in [9.17, 15) is 4.79 Å². The van der Waals surface area contributed by atoms with Gasteiger partial charge in [-0.1, -0.05) is 13.8 Å². The molecule has 2 aliphatic rings. The summed E-state index contributed by atoms with van der Waals surface area (Å²) < 4.78 is 5.66. The van der Waals surface area contributed by atoms with Gasteiger partial charge < -0.3 is 9.64 Å². The minimum atomic E-state index is 0.321. The van der Waals surface area contributed by atoms with Crippen LogP contribution in [-0.4, -0.2) is 61.1 Å². The molecule has 0 aromatic rings. The molecule has 2 saturated heterocycles. The summed E-state index contributed by atoms with van der Waals surface area (Å²) >= 11 is 0. The fourth-order valence-electron chi connectivity index (χ4n) is 2.73. The highest BCUT2D eigenvalue weighted by atomic mass is 16.5. The van der Waals surface area contributed by atoms with Crippen LogP contribution in [0.15, 0.2) is 0 Å². The Balaban J connectivity index is 1.68. The molecule has 0 saturated carbocycles. The number of piperazine rings is 1. The molecule has 0 N–H and O–H groups in total. The number of carbonyl (C=O) groups excluding carboxylic acids is 1. The molecule has 2 rings (SSSR count). The van der Waals surface area contributed by atoms with Crippen LogP contribution in [0, 0.1) is 5.92 Å². The van der Waals surface area contributed by atoms with Gasteiger partial charge in [-0.15, -0.1) is 0 Å². The molecular formula is C14H26N2O2. The topological polar surface area (TPSA) is 32.8 Å². The lowest BCUT2D eigenvalue weighted by atomic mass is 10.1. The first-order valence-electron chi connectivity index (χ1n) is 7.27. The van der Waals surface area contributed by atoms with Crippen molar-refractivity contribution < 1.29 is 9.53 Å². The Morgan fingerprint density at radius 1 is 1.28 bits per heavy atom.